The molecule has 0 heterocycles. The summed E-state index contributed by atoms with van der Waals surface area (Å²) in [6, 6.07) is 14.6. The van der Waals surface area contributed by atoms with Crippen molar-refractivity contribution in [1.82, 2.24) is 10.6 Å². The number of alkyl carbamates (subject to hydrolysis) is 2. The Morgan fingerprint density at radius 2 is 0.905 bits per heavy atom. The first kappa shape index (κ1) is 32.4. The van der Waals surface area contributed by atoms with Crippen LogP contribution < -0.4 is 21.3 Å². The van der Waals surface area contributed by atoms with E-state index in [1.54, 1.807) is 0 Å². The van der Waals surface area contributed by atoms with E-state index in [4.69, 9.17) is 9.47 Å². The fraction of sp³-hybridized carbons (Fsp3) is 0.500. The van der Waals surface area contributed by atoms with Crippen molar-refractivity contribution in [3.63, 3.8) is 0 Å². The number of hydrogen-bond acceptors (Lipinski definition) is 6. The van der Waals surface area contributed by atoms with Crippen molar-refractivity contribution >= 4 is 35.4 Å². The monoisotopic (exact) mass is 580 g/mol. The van der Waals surface area contributed by atoms with Crippen molar-refractivity contribution in [3.05, 3.63) is 59.7 Å². The molecule has 0 saturated heterocycles. The van der Waals surface area contributed by atoms with Crippen LogP contribution in [0.4, 0.5) is 21.0 Å². The summed E-state index contributed by atoms with van der Waals surface area (Å²) in [6.07, 6.45) is 1.58. The third-order valence-electron chi connectivity index (χ3n) is 6.58. The van der Waals surface area contributed by atoms with Crippen LogP contribution in [0.3, 0.4) is 0 Å². The van der Waals surface area contributed by atoms with Crippen LogP contribution in [0.1, 0.15) is 78.4 Å². The van der Waals surface area contributed by atoms with Crippen molar-refractivity contribution < 1.29 is 28.7 Å². The van der Waals surface area contributed by atoms with Gasteiger partial charge in [-0.25, -0.2) is 9.59 Å². The van der Waals surface area contributed by atoms with Gasteiger partial charge in [-0.15, -0.1) is 0 Å². The first-order valence-electron chi connectivity index (χ1n) is 14.4. The van der Waals surface area contributed by atoms with E-state index < -0.39 is 23.4 Å². The molecule has 10 nitrogen and oxygen atoms in total. The Labute approximate surface area is 248 Å². The Kier molecular flexibility index (Phi) is 11.0. The number of carbonyl (C=O) groups is 4. The Bertz CT molecular complexity index is 1120. The van der Waals surface area contributed by atoms with E-state index in [2.05, 4.69) is 21.3 Å². The van der Waals surface area contributed by atoms with Crippen LogP contribution in [0.5, 0.6) is 0 Å². The molecule has 0 unspecified atom stereocenters. The number of carbonyl (C=O) groups excluding carboxylic acids is 4. The minimum Gasteiger partial charge on any atom is -0.444 e. The number of anilines is 2. The summed E-state index contributed by atoms with van der Waals surface area (Å²) in [4.78, 5) is 49.3. The van der Waals surface area contributed by atoms with Crippen molar-refractivity contribution in [2.75, 3.05) is 10.6 Å². The first-order chi connectivity index (χ1) is 19.7. The van der Waals surface area contributed by atoms with E-state index in [0.29, 0.717) is 50.1 Å². The largest absolute Gasteiger partial charge is 0.444 e. The van der Waals surface area contributed by atoms with E-state index in [9.17, 15) is 19.2 Å². The highest BCUT2D eigenvalue weighted by Gasteiger charge is 2.30. The molecule has 42 heavy (non-hydrogen) atoms. The van der Waals surface area contributed by atoms with Gasteiger partial charge in [0.2, 0.25) is 11.8 Å². The summed E-state index contributed by atoms with van der Waals surface area (Å²) in [5.41, 5.74) is 2.03. The number of ether oxygens (including phenoxy) is 2. The standard InChI is InChI=1S/C32H44N4O6/c1-31(2,3)41-29(39)33-19-21-7-15-25(16-8-21)35-27(37)23-11-13-24(14-12-23)28(38)36-26-17-9-22(10-18-26)20-34-30(40)42-32(4,5)6/h7-10,15-18,23-24H,11-14,19-20H2,1-6H3,(H,33,39)(H,34,40)(H,35,37)(H,36,38). The maximum Gasteiger partial charge on any atom is 0.407 e. The zero-order valence-corrected chi connectivity index (χ0v) is 25.5. The van der Waals surface area contributed by atoms with E-state index in [0.717, 1.165) is 11.1 Å². The van der Waals surface area contributed by atoms with Crippen molar-refractivity contribution in [3.8, 4) is 0 Å². The molecule has 0 atom stereocenters. The smallest absolute Gasteiger partial charge is 0.407 e. The average Bonchev–Trinajstić information content (AvgIpc) is 2.90. The molecule has 0 spiro atoms. The molecule has 0 bridgehead atoms. The van der Waals surface area contributed by atoms with Gasteiger partial charge >= 0.3 is 12.2 Å². The van der Waals surface area contributed by atoms with Crippen molar-refractivity contribution in [1.29, 1.82) is 0 Å². The number of nitrogens with one attached hydrogen (secondary N) is 4. The maximum absolute atomic E-state index is 12.8. The summed E-state index contributed by atoms with van der Waals surface area (Å²) in [5.74, 6) is -0.410. The summed E-state index contributed by atoms with van der Waals surface area (Å²) < 4.78 is 10.5. The van der Waals surface area contributed by atoms with Gasteiger partial charge < -0.3 is 30.7 Å². The molecule has 4 N–H and O–H groups in total. The van der Waals surface area contributed by atoms with E-state index in [1.807, 2.05) is 90.1 Å². The number of benzene rings is 2. The lowest BCUT2D eigenvalue weighted by atomic mass is 9.81. The zero-order valence-electron chi connectivity index (χ0n) is 25.5. The van der Waals surface area contributed by atoms with Crippen LogP contribution in [-0.4, -0.2) is 35.2 Å². The topological polar surface area (TPSA) is 135 Å². The molecule has 1 aliphatic rings. The second-order valence-electron chi connectivity index (χ2n) is 12.6. The van der Waals surface area contributed by atoms with Crippen LogP contribution >= 0.6 is 0 Å². The Morgan fingerprint density at radius 1 is 0.595 bits per heavy atom. The van der Waals surface area contributed by atoms with Gasteiger partial charge in [0.15, 0.2) is 0 Å². The summed E-state index contributed by atoms with van der Waals surface area (Å²) in [5, 5.41) is 11.4. The predicted octanol–water partition coefficient (Wildman–Crippen LogP) is 6.12. The minimum atomic E-state index is -0.557. The molecule has 1 saturated carbocycles. The third-order valence-corrected chi connectivity index (χ3v) is 6.58. The highest BCUT2D eigenvalue weighted by molar-refractivity contribution is 5.94. The summed E-state index contributed by atoms with van der Waals surface area (Å²) in [7, 11) is 0. The zero-order chi connectivity index (χ0) is 30.9. The van der Waals surface area contributed by atoms with Gasteiger partial charge in [0.1, 0.15) is 11.2 Å². The fourth-order valence-electron chi connectivity index (χ4n) is 4.50. The van der Waals surface area contributed by atoms with Gasteiger partial charge in [0.25, 0.3) is 0 Å². The van der Waals surface area contributed by atoms with Crippen molar-refractivity contribution in [2.24, 2.45) is 11.8 Å². The molecular weight excluding hydrogens is 536 g/mol. The van der Waals surface area contributed by atoms with E-state index >= 15 is 0 Å². The molecule has 2 aromatic rings. The first-order valence-corrected chi connectivity index (χ1v) is 14.4. The molecule has 228 valence electrons. The molecule has 1 aliphatic carbocycles. The molecule has 4 amide bonds. The van der Waals surface area contributed by atoms with Crippen LogP contribution in [0.2, 0.25) is 0 Å². The second kappa shape index (κ2) is 14.2. The van der Waals surface area contributed by atoms with Crippen LogP contribution in [0.25, 0.3) is 0 Å². The normalized spacial score (nSPS) is 17.0. The van der Waals surface area contributed by atoms with Gasteiger partial charge in [-0.2, -0.15) is 0 Å². The Morgan fingerprint density at radius 3 is 1.19 bits per heavy atom. The SMILES string of the molecule is CC(C)(C)OC(=O)NCc1ccc(NC(=O)C2CCC(C(=O)Nc3ccc(CNC(=O)OC(C)(C)C)cc3)CC2)cc1. The number of rotatable bonds is 8. The Balaban J connectivity index is 1.38. The molecule has 10 heteroatoms. The van der Waals surface area contributed by atoms with E-state index in [1.165, 1.54) is 0 Å². The molecule has 0 radical (unpaired) electrons. The Hall–Kier alpha value is -4.08. The minimum absolute atomic E-state index is 0.0518. The van der Waals surface area contributed by atoms with Crippen LogP contribution in [-0.2, 0) is 32.2 Å². The fourth-order valence-corrected chi connectivity index (χ4v) is 4.50. The quantitative estimate of drug-likeness (QED) is 0.297. The molecule has 1 fully saturated rings. The molecule has 0 aromatic heterocycles. The molecule has 3 rings (SSSR count). The molecule has 2 aromatic carbocycles. The van der Waals surface area contributed by atoms with Gasteiger partial charge in [-0.05, 0) is 103 Å². The average molecular weight is 581 g/mol. The lowest BCUT2D eigenvalue weighted by molar-refractivity contribution is -0.125. The third kappa shape index (κ3) is 11.4. The van der Waals surface area contributed by atoms with Gasteiger partial charge in [0.05, 0.1) is 0 Å². The van der Waals surface area contributed by atoms with Crippen LogP contribution in [0, 0.1) is 11.8 Å². The molecule has 0 aliphatic heterocycles. The van der Waals surface area contributed by atoms with Gasteiger partial charge in [-0.3, -0.25) is 9.59 Å². The summed E-state index contributed by atoms with van der Waals surface area (Å²) >= 11 is 0. The van der Waals surface area contributed by atoms with Gasteiger partial charge in [0, 0.05) is 36.3 Å². The molecular formula is C32H44N4O6. The lowest BCUT2D eigenvalue weighted by Gasteiger charge is -2.27. The second-order valence-corrected chi connectivity index (χ2v) is 12.6. The van der Waals surface area contributed by atoms with Crippen molar-refractivity contribution in [2.45, 2.75) is 91.5 Å². The van der Waals surface area contributed by atoms with E-state index in [-0.39, 0.29) is 23.7 Å². The number of amides is 4. The van der Waals surface area contributed by atoms with Gasteiger partial charge in [-0.1, -0.05) is 24.3 Å². The predicted molar refractivity (Wildman–Crippen MR) is 162 cm³/mol. The maximum atomic E-state index is 12.8. The summed E-state index contributed by atoms with van der Waals surface area (Å²) in [6.45, 7) is 11.5. The van der Waals surface area contributed by atoms with Crippen LogP contribution in [0.15, 0.2) is 48.5 Å². The highest BCUT2D eigenvalue weighted by atomic mass is 16.6. The highest BCUT2D eigenvalue weighted by Crippen LogP contribution is 2.31. The number of hydrogen-bond donors (Lipinski definition) is 4. The lowest BCUT2D eigenvalue weighted by Crippen LogP contribution is -2.32.